The number of halogens is 4. The monoisotopic (exact) mass is 474 g/mol. The molecule has 3 fully saturated rings. The van der Waals surface area contributed by atoms with Crippen molar-refractivity contribution in [3.05, 3.63) is 48.0 Å². The van der Waals surface area contributed by atoms with E-state index in [0.717, 1.165) is 31.7 Å². The van der Waals surface area contributed by atoms with Crippen LogP contribution >= 0.6 is 0 Å². The van der Waals surface area contributed by atoms with Crippen LogP contribution in [0.1, 0.15) is 31.4 Å². The molecule has 1 aromatic carbocycles. The number of pyridine rings is 1. The zero-order chi connectivity index (χ0) is 23.6. The lowest BCUT2D eigenvalue weighted by Gasteiger charge is -2.21. The molecule has 0 bridgehead atoms. The molecule has 2 heterocycles. The standard InChI is InChI=1S/C24H22F4N4O2/c25-12-3-4-17-16(7-12)18(5-6-29-17)34-13-8-14-15(9-13)22(14)21(11-1-2-11)23(33)30-20-10-19(31-32-20)24(26,27)28/h3-7,10-11,13-15,21-22H,1-2,8-9H2,(H2,30,31,32,33)/t13?,14-,15+,21?,22+. The van der Waals surface area contributed by atoms with E-state index in [4.69, 9.17) is 4.74 Å². The second kappa shape index (κ2) is 7.68. The van der Waals surface area contributed by atoms with E-state index in [-0.39, 0.29) is 41.4 Å². The van der Waals surface area contributed by atoms with Gasteiger partial charge in [0.05, 0.1) is 11.6 Å². The SMILES string of the molecule is O=C(Nc1cc(C(F)(F)F)[nH]n1)C(C1CC1)[C@H]1[C@@H]2CC(Oc3ccnc4ccc(F)cc34)C[C@@H]21. The van der Waals surface area contributed by atoms with Crippen LogP contribution in [0.4, 0.5) is 23.4 Å². The highest BCUT2D eigenvalue weighted by Crippen LogP contribution is 2.64. The topological polar surface area (TPSA) is 79.9 Å². The second-order valence-corrected chi connectivity index (χ2v) is 9.60. The Morgan fingerprint density at radius 3 is 2.59 bits per heavy atom. The third-order valence-electron chi connectivity index (χ3n) is 7.41. The van der Waals surface area contributed by atoms with Crippen molar-refractivity contribution in [3.8, 4) is 5.75 Å². The van der Waals surface area contributed by atoms with Gasteiger partial charge in [0.2, 0.25) is 5.91 Å². The van der Waals surface area contributed by atoms with E-state index in [1.54, 1.807) is 18.3 Å². The Labute approximate surface area is 192 Å². The lowest BCUT2D eigenvalue weighted by atomic mass is 9.91. The number of benzene rings is 1. The van der Waals surface area contributed by atoms with Crippen LogP contribution in [0.15, 0.2) is 36.5 Å². The number of fused-ring (bicyclic) bond motifs is 2. The molecule has 0 saturated heterocycles. The first kappa shape index (κ1) is 21.4. The van der Waals surface area contributed by atoms with E-state index in [9.17, 15) is 22.4 Å². The van der Waals surface area contributed by atoms with Crippen molar-refractivity contribution in [2.45, 2.75) is 38.0 Å². The van der Waals surface area contributed by atoms with Crippen LogP contribution in [0.25, 0.3) is 10.9 Å². The Balaban J connectivity index is 1.11. The first-order chi connectivity index (χ1) is 16.3. The third kappa shape index (κ3) is 3.88. The molecule has 1 amide bonds. The average molecular weight is 474 g/mol. The molecule has 0 spiro atoms. The summed E-state index contributed by atoms with van der Waals surface area (Å²) < 4.78 is 58.4. The summed E-state index contributed by atoms with van der Waals surface area (Å²) in [6.45, 7) is 0. The van der Waals surface area contributed by atoms with Crippen molar-refractivity contribution in [3.63, 3.8) is 0 Å². The van der Waals surface area contributed by atoms with E-state index in [2.05, 4.69) is 15.4 Å². The van der Waals surface area contributed by atoms with Gasteiger partial charge in [-0.3, -0.25) is 14.9 Å². The van der Waals surface area contributed by atoms with E-state index < -0.39 is 11.9 Å². The number of aromatic amines is 1. The number of carbonyl (C=O) groups is 1. The predicted molar refractivity (Wildman–Crippen MR) is 114 cm³/mol. The number of amides is 1. The number of hydrogen-bond acceptors (Lipinski definition) is 4. The third-order valence-corrected chi connectivity index (χ3v) is 7.41. The number of H-pyrrole nitrogens is 1. The van der Waals surface area contributed by atoms with Gasteiger partial charge in [-0.05, 0) is 73.6 Å². The summed E-state index contributed by atoms with van der Waals surface area (Å²) in [6, 6.07) is 6.97. The fourth-order valence-corrected chi connectivity index (χ4v) is 5.75. The number of anilines is 1. The fraction of sp³-hybridized carbons (Fsp3) is 0.458. The number of aromatic nitrogens is 3. The van der Waals surface area contributed by atoms with Crippen molar-refractivity contribution in [2.24, 2.45) is 29.6 Å². The minimum atomic E-state index is -4.54. The number of hydrogen-bond donors (Lipinski definition) is 2. The first-order valence-corrected chi connectivity index (χ1v) is 11.4. The Kier molecular flexibility index (Phi) is 4.82. The van der Waals surface area contributed by atoms with Gasteiger partial charge in [-0.1, -0.05) is 0 Å². The maximum Gasteiger partial charge on any atom is 0.432 e. The highest BCUT2D eigenvalue weighted by atomic mass is 19.4. The quantitative estimate of drug-likeness (QED) is 0.483. The minimum absolute atomic E-state index is 0.0243. The van der Waals surface area contributed by atoms with E-state index in [0.29, 0.717) is 28.5 Å². The molecule has 3 aliphatic carbocycles. The molecule has 3 aliphatic rings. The summed E-state index contributed by atoms with van der Waals surface area (Å²) in [6.07, 6.45) is 0.579. The maximum atomic E-state index is 13.7. The molecule has 3 saturated carbocycles. The smallest absolute Gasteiger partial charge is 0.432 e. The highest BCUT2D eigenvalue weighted by molar-refractivity contribution is 5.92. The molecule has 0 radical (unpaired) electrons. The van der Waals surface area contributed by atoms with Gasteiger partial charge < -0.3 is 10.1 Å². The van der Waals surface area contributed by atoms with Crippen LogP contribution in [0.5, 0.6) is 5.75 Å². The first-order valence-electron chi connectivity index (χ1n) is 11.4. The zero-order valence-corrected chi connectivity index (χ0v) is 18.0. The molecule has 2 unspecified atom stereocenters. The second-order valence-electron chi connectivity index (χ2n) is 9.60. The molecule has 10 heteroatoms. The molecular formula is C24H22F4N4O2. The number of nitrogens with zero attached hydrogens (tertiary/aromatic N) is 2. The largest absolute Gasteiger partial charge is 0.490 e. The van der Waals surface area contributed by atoms with Gasteiger partial charge >= 0.3 is 6.18 Å². The van der Waals surface area contributed by atoms with Gasteiger partial charge in [0.1, 0.15) is 17.3 Å². The molecule has 178 valence electrons. The van der Waals surface area contributed by atoms with Crippen molar-refractivity contribution in [1.29, 1.82) is 0 Å². The molecule has 2 N–H and O–H groups in total. The Hall–Kier alpha value is -3.17. The Bertz CT molecular complexity index is 1240. The number of nitrogens with one attached hydrogen (secondary N) is 2. The summed E-state index contributed by atoms with van der Waals surface area (Å²) in [5, 5.41) is 8.75. The normalized spacial score (nSPS) is 26.8. The predicted octanol–water partition coefficient (Wildman–Crippen LogP) is 5.18. The summed E-state index contributed by atoms with van der Waals surface area (Å²) in [7, 11) is 0. The van der Waals surface area contributed by atoms with Crippen molar-refractivity contribution in [2.75, 3.05) is 5.32 Å². The van der Waals surface area contributed by atoms with Gasteiger partial charge in [-0.15, -0.1) is 0 Å². The van der Waals surface area contributed by atoms with Crippen LogP contribution in [-0.4, -0.2) is 27.2 Å². The van der Waals surface area contributed by atoms with Gasteiger partial charge in [0.15, 0.2) is 5.82 Å². The molecule has 2 aromatic heterocycles. The molecule has 6 nitrogen and oxygen atoms in total. The van der Waals surface area contributed by atoms with Gasteiger partial charge in [-0.25, -0.2) is 4.39 Å². The maximum absolute atomic E-state index is 13.7. The van der Waals surface area contributed by atoms with Crippen LogP contribution in [-0.2, 0) is 11.0 Å². The van der Waals surface area contributed by atoms with E-state index in [1.165, 1.54) is 12.1 Å². The summed E-state index contributed by atoms with van der Waals surface area (Å²) in [5.41, 5.74) is -0.324. The minimum Gasteiger partial charge on any atom is -0.490 e. The zero-order valence-electron chi connectivity index (χ0n) is 18.0. The highest BCUT2D eigenvalue weighted by Gasteiger charge is 2.63. The molecule has 3 aromatic rings. The van der Waals surface area contributed by atoms with Gasteiger partial charge in [0, 0.05) is 23.6 Å². The number of ether oxygens (including phenoxy) is 1. The Morgan fingerprint density at radius 1 is 1.15 bits per heavy atom. The summed E-state index contributed by atoms with van der Waals surface area (Å²) >= 11 is 0. The van der Waals surface area contributed by atoms with E-state index >= 15 is 0 Å². The van der Waals surface area contributed by atoms with Crippen LogP contribution in [0.3, 0.4) is 0 Å². The van der Waals surface area contributed by atoms with Crippen LogP contribution in [0.2, 0.25) is 0 Å². The molecule has 34 heavy (non-hydrogen) atoms. The van der Waals surface area contributed by atoms with Crippen molar-refractivity contribution >= 4 is 22.6 Å². The molecule has 0 aliphatic heterocycles. The molecule has 6 rings (SSSR count). The summed E-state index contributed by atoms with van der Waals surface area (Å²) in [5.74, 6) is 0.829. The fourth-order valence-electron chi connectivity index (χ4n) is 5.75. The number of alkyl halides is 3. The van der Waals surface area contributed by atoms with Crippen LogP contribution in [0, 0.1) is 35.4 Å². The van der Waals surface area contributed by atoms with Crippen LogP contribution < -0.4 is 10.1 Å². The van der Waals surface area contributed by atoms with E-state index in [1.807, 2.05) is 5.10 Å². The molecular weight excluding hydrogens is 452 g/mol. The Morgan fingerprint density at radius 2 is 1.91 bits per heavy atom. The van der Waals surface area contributed by atoms with Crippen molar-refractivity contribution in [1.82, 2.24) is 15.2 Å². The average Bonchev–Trinajstić information content (AvgIpc) is 3.61. The number of rotatable bonds is 6. The number of carbonyl (C=O) groups excluding carboxylic acids is 1. The lowest BCUT2D eigenvalue weighted by Crippen LogP contribution is -2.29. The lowest BCUT2D eigenvalue weighted by molar-refractivity contribution is -0.141. The summed E-state index contributed by atoms with van der Waals surface area (Å²) in [4.78, 5) is 17.2. The molecule has 5 atom stereocenters. The van der Waals surface area contributed by atoms with Crippen molar-refractivity contribution < 1.29 is 27.1 Å². The van der Waals surface area contributed by atoms with Gasteiger partial charge in [-0.2, -0.15) is 18.3 Å². The van der Waals surface area contributed by atoms with Gasteiger partial charge in [0.25, 0.3) is 0 Å².